The first kappa shape index (κ1) is 15.1. The molecule has 116 valence electrons. The summed E-state index contributed by atoms with van der Waals surface area (Å²) in [7, 11) is 1.42. The molecule has 5 nitrogen and oxygen atoms in total. The zero-order chi connectivity index (χ0) is 15.5. The van der Waals surface area contributed by atoms with Crippen molar-refractivity contribution in [2.24, 2.45) is 0 Å². The average Bonchev–Trinajstić information content (AvgIpc) is 2.55. The number of methoxy groups -OCH3 is 1. The van der Waals surface area contributed by atoms with E-state index in [0.29, 0.717) is 6.54 Å². The van der Waals surface area contributed by atoms with E-state index >= 15 is 0 Å². The maximum Gasteiger partial charge on any atom is 0.409 e. The van der Waals surface area contributed by atoms with Crippen LogP contribution in [0.1, 0.15) is 12.8 Å². The van der Waals surface area contributed by atoms with Gasteiger partial charge in [0, 0.05) is 40.9 Å². The van der Waals surface area contributed by atoms with E-state index in [2.05, 4.69) is 32.3 Å². The van der Waals surface area contributed by atoms with Crippen LogP contribution in [0, 0.1) is 0 Å². The number of ether oxygens (including phenoxy) is 1. The Morgan fingerprint density at radius 3 is 3.14 bits per heavy atom. The Labute approximate surface area is 137 Å². The molecule has 6 heteroatoms. The van der Waals surface area contributed by atoms with E-state index in [-0.39, 0.29) is 12.1 Å². The van der Waals surface area contributed by atoms with E-state index in [4.69, 9.17) is 4.74 Å². The Kier molecular flexibility index (Phi) is 4.47. The molecule has 1 fully saturated rings. The van der Waals surface area contributed by atoms with E-state index in [1.165, 1.54) is 7.11 Å². The number of benzene rings is 1. The Morgan fingerprint density at radius 2 is 2.32 bits per heavy atom. The highest BCUT2D eigenvalue weighted by Crippen LogP contribution is 2.27. The Balaban J connectivity index is 1.81. The highest BCUT2D eigenvalue weighted by atomic mass is 79.9. The molecule has 0 radical (unpaired) electrons. The van der Waals surface area contributed by atoms with Gasteiger partial charge in [0.25, 0.3) is 0 Å². The Bertz CT molecular complexity index is 692. The number of pyridine rings is 1. The van der Waals surface area contributed by atoms with Crippen LogP contribution in [0.5, 0.6) is 0 Å². The number of aromatic nitrogens is 1. The molecule has 2 aromatic rings. The lowest BCUT2D eigenvalue weighted by Gasteiger charge is -2.32. The maximum absolute atomic E-state index is 11.7. The summed E-state index contributed by atoms with van der Waals surface area (Å²) in [4.78, 5) is 17.8. The molecule has 3 rings (SSSR count). The monoisotopic (exact) mass is 363 g/mol. The highest BCUT2D eigenvalue weighted by molar-refractivity contribution is 9.10. The number of likely N-dealkylation sites (tertiary alicyclic amines) is 1. The topological polar surface area (TPSA) is 54.5 Å². The van der Waals surface area contributed by atoms with Crippen molar-refractivity contribution in [1.82, 2.24) is 9.88 Å². The molecule has 1 amide bonds. The number of piperidine rings is 1. The van der Waals surface area contributed by atoms with Crippen molar-refractivity contribution in [1.29, 1.82) is 0 Å². The molecule has 0 saturated carbocycles. The van der Waals surface area contributed by atoms with Crippen molar-refractivity contribution in [2.45, 2.75) is 18.9 Å². The predicted octanol–water partition coefficient (Wildman–Crippen LogP) is 3.64. The van der Waals surface area contributed by atoms with Gasteiger partial charge in [0.15, 0.2) is 0 Å². The Hall–Kier alpha value is -1.82. The summed E-state index contributed by atoms with van der Waals surface area (Å²) in [5.41, 5.74) is 2.00. The third-order valence-electron chi connectivity index (χ3n) is 3.92. The molecule has 0 aliphatic carbocycles. The Morgan fingerprint density at radius 1 is 1.45 bits per heavy atom. The van der Waals surface area contributed by atoms with Crippen molar-refractivity contribution in [2.75, 3.05) is 25.5 Å². The summed E-state index contributed by atoms with van der Waals surface area (Å²) < 4.78 is 5.84. The van der Waals surface area contributed by atoms with Crippen molar-refractivity contribution >= 4 is 38.6 Å². The third-order valence-corrected chi connectivity index (χ3v) is 4.41. The van der Waals surface area contributed by atoms with Gasteiger partial charge in [0.05, 0.1) is 12.6 Å². The fraction of sp³-hybridized carbons (Fsp3) is 0.375. The van der Waals surface area contributed by atoms with Crippen LogP contribution in [0.15, 0.2) is 34.9 Å². The van der Waals surface area contributed by atoms with Crippen molar-refractivity contribution < 1.29 is 9.53 Å². The molecular weight excluding hydrogens is 346 g/mol. The van der Waals surface area contributed by atoms with Crippen molar-refractivity contribution in [3.63, 3.8) is 0 Å². The lowest BCUT2D eigenvalue weighted by Crippen LogP contribution is -2.45. The zero-order valence-electron chi connectivity index (χ0n) is 12.4. The van der Waals surface area contributed by atoms with Crippen molar-refractivity contribution in [3.05, 3.63) is 34.9 Å². The molecule has 22 heavy (non-hydrogen) atoms. The summed E-state index contributed by atoms with van der Waals surface area (Å²) >= 11 is 3.50. The maximum atomic E-state index is 11.7. The number of halogens is 1. The van der Waals surface area contributed by atoms with E-state index in [1.807, 2.05) is 18.2 Å². The van der Waals surface area contributed by atoms with Gasteiger partial charge in [-0.2, -0.15) is 0 Å². The molecule has 1 aromatic heterocycles. The number of rotatable bonds is 2. The minimum absolute atomic E-state index is 0.220. The number of fused-ring (bicyclic) bond motifs is 1. The first-order valence-corrected chi connectivity index (χ1v) is 8.10. The summed E-state index contributed by atoms with van der Waals surface area (Å²) in [5, 5.41) is 4.63. The first-order valence-electron chi connectivity index (χ1n) is 7.31. The van der Waals surface area contributed by atoms with E-state index in [1.54, 1.807) is 11.1 Å². The predicted molar refractivity (Wildman–Crippen MR) is 90.1 cm³/mol. The third kappa shape index (κ3) is 3.16. The standard InChI is InChI=1S/C16H18BrN3O2/c1-22-16(21)20-8-2-3-12(10-20)19-15-6-7-18-14-5-4-11(17)9-13(14)15/h4-7,9,12H,2-3,8,10H2,1H3,(H,18,19). The summed E-state index contributed by atoms with van der Waals surface area (Å²) in [6.07, 6.45) is 3.55. The molecule has 1 aliphatic heterocycles. The van der Waals surface area contributed by atoms with E-state index < -0.39 is 0 Å². The van der Waals surface area contributed by atoms with Crippen LogP contribution in [0.2, 0.25) is 0 Å². The smallest absolute Gasteiger partial charge is 0.409 e. The van der Waals surface area contributed by atoms with Crippen LogP contribution in [-0.2, 0) is 4.74 Å². The number of nitrogens with one attached hydrogen (secondary N) is 1. The van der Waals surface area contributed by atoms with Gasteiger partial charge in [-0.15, -0.1) is 0 Å². The quantitative estimate of drug-likeness (QED) is 0.884. The van der Waals surface area contributed by atoms with Gasteiger partial charge in [0.1, 0.15) is 0 Å². The zero-order valence-corrected chi connectivity index (χ0v) is 14.0. The number of amides is 1. The van der Waals surface area contributed by atoms with Gasteiger partial charge < -0.3 is 15.0 Å². The largest absolute Gasteiger partial charge is 0.453 e. The number of carbonyl (C=O) groups excluding carboxylic acids is 1. The lowest BCUT2D eigenvalue weighted by atomic mass is 10.1. The summed E-state index contributed by atoms with van der Waals surface area (Å²) in [5.74, 6) is 0. The lowest BCUT2D eigenvalue weighted by molar-refractivity contribution is 0.113. The molecule has 2 heterocycles. The minimum atomic E-state index is -0.256. The van der Waals surface area contributed by atoms with Gasteiger partial charge in [0.2, 0.25) is 0 Å². The second kappa shape index (κ2) is 6.52. The number of hydrogen-bond donors (Lipinski definition) is 1. The minimum Gasteiger partial charge on any atom is -0.453 e. The number of carbonyl (C=O) groups is 1. The van der Waals surface area contributed by atoms with E-state index in [0.717, 1.165) is 40.4 Å². The molecule has 1 atom stereocenters. The summed E-state index contributed by atoms with van der Waals surface area (Å²) in [6.45, 7) is 1.41. The van der Waals surface area contributed by atoms with Gasteiger partial charge in [-0.1, -0.05) is 15.9 Å². The van der Waals surface area contributed by atoms with Crippen LogP contribution in [0.3, 0.4) is 0 Å². The fourth-order valence-corrected chi connectivity index (χ4v) is 3.22. The van der Waals surface area contributed by atoms with Gasteiger partial charge in [-0.3, -0.25) is 4.98 Å². The molecular formula is C16H18BrN3O2. The number of anilines is 1. The van der Waals surface area contributed by atoms with E-state index in [9.17, 15) is 4.79 Å². The van der Waals surface area contributed by atoms with Gasteiger partial charge in [-0.25, -0.2) is 4.79 Å². The number of hydrogen-bond acceptors (Lipinski definition) is 4. The van der Waals surface area contributed by atoms with Crippen molar-refractivity contribution in [3.8, 4) is 0 Å². The van der Waals surface area contributed by atoms with Crippen LogP contribution >= 0.6 is 15.9 Å². The fourth-order valence-electron chi connectivity index (χ4n) is 2.85. The van der Waals surface area contributed by atoms with Crippen LogP contribution in [0.4, 0.5) is 10.5 Å². The van der Waals surface area contributed by atoms with Crippen LogP contribution < -0.4 is 5.32 Å². The van der Waals surface area contributed by atoms with Crippen LogP contribution in [-0.4, -0.2) is 42.2 Å². The molecule has 0 spiro atoms. The molecule has 1 unspecified atom stereocenters. The molecule has 1 aromatic carbocycles. The second-order valence-electron chi connectivity index (χ2n) is 5.42. The first-order chi connectivity index (χ1) is 10.7. The summed E-state index contributed by atoms with van der Waals surface area (Å²) in [6, 6.07) is 8.24. The SMILES string of the molecule is COC(=O)N1CCCC(Nc2ccnc3ccc(Br)cc23)C1. The molecule has 0 bridgehead atoms. The molecule has 1 N–H and O–H groups in total. The normalized spacial score (nSPS) is 18.3. The molecule has 1 saturated heterocycles. The van der Waals surface area contributed by atoms with Gasteiger partial charge in [-0.05, 0) is 37.1 Å². The molecule has 1 aliphatic rings. The highest BCUT2D eigenvalue weighted by Gasteiger charge is 2.24. The number of nitrogens with zero attached hydrogens (tertiary/aromatic N) is 2. The average molecular weight is 364 g/mol. The van der Waals surface area contributed by atoms with Gasteiger partial charge >= 0.3 is 6.09 Å². The van der Waals surface area contributed by atoms with Crippen LogP contribution in [0.25, 0.3) is 10.9 Å². The second-order valence-corrected chi connectivity index (χ2v) is 6.34.